The Kier molecular flexibility index (Phi) is 4.75. The van der Waals surface area contributed by atoms with Gasteiger partial charge in [-0.25, -0.2) is 4.99 Å². The van der Waals surface area contributed by atoms with E-state index >= 15 is 0 Å². The van der Waals surface area contributed by atoms with Gasteiger partial charge in [-0.2, -0.15) is 0 Å². The van der Waals surface area contributed by atoms with Crippen LogP contribution in [0, 0.1) is 0 Å². The molecule has 2 aromatic heterocycles. The average molecular weight is 439 g/mol. The largest absolute Gasteiger partial charge is 0.375 e. The lowest BCUT2D eigenvalue weighted by molar-refractivity contribution is -0.0705. The number of benzene rings is 1. The molecule has 0 spiro atoms. The van der Waals surface area contributed by atoms with Gasteiger partial charge < -0.3 is 9.30 Å². The molecule has 7 nitrogen and oxygen atoms in total. The van der Waals surface area contributed by atoms with E-state index < -0.39 is 5.25 Å². The first-order valence-corrected chi connectivity index (χ1v) is 11.4. The molecule has 4 heterocycles. The predicted molar refractivity (Wildman–Crippen MR) is 125 cm³/mol. The molecule has 31 heavy (non-hydrogen) atoms. The third-order valence-corrected chi connectivity index (χ3v) is 7.39. The zero-order valence-corrected chi connectivity index (χ0v) is 19.0. The van der Waals surface area contributed by atoms with Crippen LogP contribution in [0.5, 0.6) is 0 Å². The van der Waals surface area contributed by atoms with Crippen molar-refractivity contribution >= 4 is 33.5 Å². The SMILES string of the molecule is CC1=Nc2c(c(=O)[nH]n2[C@H]2CCOC(C)(C)C2)[C@H](c2cc3ccccc3n(C)c2=O)S1. The molecule has 1 N–H and O–H groups in total. The van der Waals surface area contributed by atoms with Crippen LogP contribution in [0.2, 0.25) is 0 Å². The maximum Gasteiger partial charge on any atom is 0.271 e. The first kappa shape index (κ1) is 20.3. The second-order valence-electron chi connectivity index (χ2n) is 8.95. The third kappa shape index (κ3) is 3.38. The van der Waals surface area contributed by atoms with Crippen LogP contribution in [0.4, 0.5) is 5.82 Å². The fourth-order valence-corrected chi connectivity index (χ4v) is 5.85. The zero-order valence-electron chi connectivity index (χ0n) is 18.1. The molecule has 0 radical (unpaired) electrons. The van der Waals surface area contributed by atoms with E-state index in [4.69, 9.17) is 9.73 Å². The van der Waals surface area contributed by atoms with Crippen molar-refractivity contribution < 1.29 is 4.74 Å². The number of nitrogens with one attached hydrogen (secondary N) is 1. The lowest BCUT2D eigenvalue weighted by Gasteiger charge is -2.36. The van der Waals surface area contributed by atoms with Crippen molar-refractivity contribution in [1.29, 1.82) is 0 Å². The van der Waals surface area contributed by atoms with Crippen molar-refractivity contribution in [3.8, 4) is 0 Å². The van der Waals surface area contributed by atoms with Gasteiger partial charge in [0.25, 0.3) is 11.1 Å². The highest BCUT2D eigenvalue weighted by Gasteiger charge is 2.36. The molecule has 1 aromatic carbocycles. The molecule has 2 aliphatic rings. The maximum absolute atomic E-state index is 13.3. The molecule has 0 saturated carbocycles. The highest BCUT2D eigenvalue weighted by atomic mass is 32.2. The molecule has 3 aromatic rings. The number of H-pyrrole nitrogens is 1. The van der Waals surface area contributed by atoms with Crippen molar-refractivity contribution in [3.63, 3.8) is 0 Å². The maximum atomic E-state index is 13.3. The van der Waals surface area contributed by atoms with Crippen LogP contribution in [-0.2, 0) is 11.8 Å². The number of hydrogen-bond acceptors (Lipinski definition) is 5. The highest BCUT2D eigenvalue weighted by Crippen LogP contribution is 2.45. The normalized spacial score (nSPS) is 22.9. The lowest BCUT2D eigenvalue weighted by atomic mass is 9.94. The molecule has 8 heteroatoms. The van der Waals surface area contributed by atoms with Gasteiger partial charge in [0.15, 0.2) is 5.82 Å². The van der Waals surface area contributed by atoms with Crippen molar-refractivity contribution in [1.82, 2.24) is 14.3 Å². The van der Waals surface area contributed by atoms with E-state index in [-0.39, 0.29) is 22.8 Å². The van der Waals surface area contributed by atoms with Gasteiger partial charge in [0.1, 0.15) is 0 Å². The summed E-state index contributed by atoms with van der Waals surface area (Å²) in [7, 11) is 1.78. The fraction of sp³-hybridized carbons (Fsp3) is 0.435. The Morgan fingerprint density at radius 2 is 2.03 bits per heavy atom. The van der Waals surface area contributed by atoms with Gasteiger partial charge in [-0.3, -0.25) is 19.4 Å². The minimum absolute atomic E-state index is 0.0869. The molecule has 0 unspecified atom stereocenters. The summed E-state index contributed by atoms with van der Waals surface area (Å²) in [4.78, 5) is 31.2. The van der Waals surface area contributed by atoms with Gasteiger partial charge in [0.05, 0.1) is 33.0 Å². The molecule has 2 atom stereocenters. The van der Waals surface area contributed by atoms with E-state index in [1.165, 1.54) is 11.8 Å². The Morgan fingerprint density at radius 3 is 2.81 bits per heavy atom. The summed E-state index contributed by atoms with van der Waals surface area (Å²) in [6, 6.07) is 9.83. The van der Waals surface area contributed by atoms with Gasteiger partial charge in [-0.1, -0.05) is 30.0 Å². The first-order chi connectivity index (χ1) is 14.7. The lowest BCUT2D eigenvalue weighted by Crippen LogP contribution is -2.35. The first-order valence-electron chi connectivity index (χ1n) is 10.5. The monoisotopic (exact) mass is 438 g/mol. The van der Waals surface area contributed by atoms with E-state index in [9.17, 15) is 9.59 Å². The Labute approximate surface area is 184 Å². The smallest absolute Gasteiger partial charge is 0.271 e. The molecule has 0 aliphatic carbocycles. The number of nitrogens with zero attached hydrogens (tertiary/aromatic N) is 3. The summed E-state index contributed by atoms with van der Waals surface area (Å²) >= 11 is 1.47. The topological polar surface area (TPSA) is 81.4 Å². The van der Waals surface area contributed by atoms with Crippen LogP contribution < -0.4 is 11.1 Å². The summed E-state index contributed by atoms with van der Waals surface area (Å²) in [6.07, 6.45) is 1.60. The minimum atomic E-state index is -0.395. The van der Waals surface area contributed by atoms with E-state index in [2.05, 4.69) is 18.9 Å². The molecule has 0 amide bonds. The summed E-state index contributed by atoms with van der Waals surface area (Å²) in [6.45, 7) is 6.71. The molecule has 5 rings (SSSR count). The Bertz CT molecular complexity index is 1330. The molecule has 0 bridgehead atoms. The number of rotatable bonds is 2. The third-order valence-electron chi connectivity index (χ3n) is 6.23. The molecule has 1 fully saturated rings. The number of fused-ring (bicyclic) bond motifs is 2. The number of aliphatic imine (C=N–C) groups is 1. The van der Waals surface area contributed by atoms with Gasteiger partial charge in [0.2, 0.25) is 0 Å². The van der Waals surface area contributed by atoms with E-state index in [0.29, 0.717) is 23.6 Å². The van der Waals surface area contributed by atoms with Crippen LogP contribution in [0.25, 0.3) is 10.9 Å². The second-order valence-corrected chi connectivity index (χ2v) is 10.3. The molecule has 2 aliphatic heterocycles. The summed E-state index contributed by atoms with van der Waals surface area (Å²) in [5, 5.41) is 4.45. The number of aromatic nitrogens is 3. The number of aryl methyl sites for hydroxylation is 1. The van der Waals surface area contributed by atoms with Gasteiger partial charge in [0, 0.05) is 19.2 Å². The molecular weight excluding hydrogens is 412 g/mol. The number of ether oxygens (including phenoxy) is 1. The Morgan fingerprint density at radius 1 is 1.26 bits per heavy atom. The van der Waals surface area contributed by atoms with Crippen molar-refractivity contribution in [2.45, 2.75) is 50.5 Å². The van der Waals surface area contributed by atoms with E-state index in [1.807, 2.05) is 41.9 Å². The average Bonchev–Trinajstić information content (AvgIpc) is 3.06. The van der Waals surface area contributed by atoms with Crippen LogP contribution in [-0.4, -0.2) is 31.6 Å². The quantitative estimate of drug-likeness (QED) is 0.655. The Balaban J connectivity index is 1.68. The fourth-order valence-electron chi connectivity index (χ4n) is 4.75. The van der Waals surface area contributed by atoms with Crippen molar-refractivity contribution in [2.24, 2.45) is 12.0 Å². The number of thioether (sulfide) groups is 1. The molecule has 162 valence electrons. The standard InChI is InChI=1S/C23H26N4O3S/c1-13-24-20-18(21(28)25-27(20)15-9-10-30-23(2,3)12-15)19(31-13)16-11-14-7-5-6-8-17(14)26(4)22(16)29/h5-8,11,15,19H,9-10,12H2,1-4H3,(H,25,28)/t15-,19-/m0/s1. The minimum Gasteiger partial charge on any atom is -0.375 e. The van der Waals surface area contributed by atoms with Crippen LogP contribution >= 0.6 is 11.8 Å². The Hall–Kier alpha value is -2.58. The number of hydrogen-bond donors (Lipinski definition) is 1. The van der Waals surface area contributed by atoms with Crippen LogP contribution in [0.3, 0.4) is 0 Å². The second kappa shape index (κ2) is 7.24. The van der Waals surface area contributed by atoms with E-state index in [0.717, 1.165) is 28.8 Å². The van der Waals surface area contributed by atoms with Gasteiger partial charge >= 0.3 is 0 Å². The molecular formula is C23H26N4O3S. The zero-order chi connectivity index (χ0) is 21.9. The van der Waals surface area contributed by atoms with Gasteiger partial charge in [-0.05, 0) is 51.1 Å². The van der Waals surface area contributed by atoms with E-state index in [1.54, 1.807) is 11.6 Å². The van der Waals surface area contributed by atoms with Crippen LogP contribution in [0.1, 0.15) is 56.0 Å². The van der Waals surface area contributed by atoms with Crippen LogP contribution in [0.15, 0.2) is 44.9 Å². The number of aromatic amines is 1. The molecule has 1 saturated heterocycles. The highest BCUT2D eigenvalue weighted by molar-refractivity contribution is 8.14. The number of para-hydroxylation sites is 1. The van der Waals surface area contributed by atoms with Gasteiger partial charge in [-0.15, -0.1) is 0 Å². The summed E-state index contributed by atoms with van der Waals surface area (Å²) in [5.41, 5.74) is 1.52. The summed E-state index contributed by atoms with van der Waals surface area (Å²) < 4.78 is 9.43. The predicted octanol–water partition coefficient (Wildman–Crippen LogP) is 4.04. The summed E-state index contributed by atoms with van der Waals surface area (Å²) in [5.74, 6) is 0.643. The van der Waals surface area contributed by atoms with Crippen molar-refractivity contribution in [3.05, 3.63) is 62.2 Å². The number of pyridine rings is 1. The van der Waals surface area contributed by atoms with Crippen molar-refractivity contribution in [2.75, 3.05) is 6.61 Å².